The van der Waals surface area contributed by atoms with E-state index in [1.165, 1.54) is 7.11 Å². The highest BCUT2D eigenvalue weighted by atomic mass is 35.5. The maximum atomic E-state index is 12.3. The maximum absolute atomic E-state index is 12.3. The van der Waals surface area contributed by atoms with Crippen molar-refractivity contribution >= 4 is 28.7 Å². The second-order valence-corrected chi connectivity index (χ2v) is 4.85. The molecule has 0 spiro atoms. The molecule has 3 rings (SSSR count). The number of nitrogens with one attached hydrogen (secondary N) is 1. The van der Waals surface area contributed by atoms with Crippen LogP contribution in [0.5, 0.6) is 5.75 Å². The molecule has 0 aliphatic carbocycles. The third-order valence-electron chi connectivity index (χ3n) is 3.06. The van der Waals surface area contributed by atoms with Crippen LogP contribution in [-0.4, -0.2) is 22.6 Å². The number of benzene rings is 1. The smallest absolute Gasteiger partial charge is 0.259 e. The van der Waals surface area contributed by atoms with Crippen LogP contribution in [0, 0.1) is 0 Å². The molecule has 0 saturated carbocycles. The fourth-order valence-corrected chi connectivity index (χ4v) is 2.23. The van der Waals surface area contributed by atoms with Crippen molar-refractivity contribution < 1.29 is 9.53 Å². The van der Waals surface area contributed by atoms with E-state index in [1.807, 2.05) is 12.1 Å². The largest absolute Gasteiger partial charge is 0.496 e. The number of pyridine rings is 1. The summed E-state index contributed by atoms with van der Waals surface area (Å²) in [5, 5.41) is 7.40. The monoisotopic (exact) mass is 301 g/mol. The number of anilines is 1. The molecular weight excluding hydrogens is 290 g/mol. The second kappa shape index (κ2) is 5.46. The molecule has 0 fully saturated rings. The average Bonchev–Trinajstić information content (AvgIpc) is 2.94. The molecule has 3 aromatic rings. The summed E-state index contributed by atoms with van der Waals surface area (Å²) in [6.45, 7) is 0. The van der Waals surface area contributed by atoms with Gasteiger partial charge in [-0.25, -0.2) is 4.52 Å². The molecule has 106 valence electrons. The number of aromatic nitrogens is 2. The van der Waals surface area contributed by atoms with Crippen LogP contribution in [0.2, 0.25) is 5.02 Å². The number of carbonyl (C=O) groups excluding carboxylic acids is 1. The van der Waals surface area contributed by atoms with Crippen LogP contribution in [-0.2, 0) is 0 Å². The minimum absolute atomic E-state index is 0.279. The van der Waals surface area contributed by atoms with Gasteiger partial charge >= 0.3 is 0 Å². The van der Waals surface area contributed by atoms with Gasteiger partial charge in [-0.3, -0.25) is 4.79 Å². The molecule has 0 bridgehead atoms. The molecule has 5 nitrogen and oxygen atoms in total. The summed E-state index contributed by atoms with van der Waals surface area (Å²) in [6, 6.07) is 10.4. The number of hydrogen-bond donors (Lipinski definition) is 1. The van der Waals surface area contributed by atoms with Crippen molar-refractivity contribution in [1.82, 2.24) is 9.61 Å². The van der Waals surface area contributed by atoms with Crippen LogP contribution >= 0.6 is 11.6 Å². The van der Waals surface area contributed by atoms with E-state index in [1.54, 1.807) is 41.2 Å². The highest BCUT2D eigenvalue weighted by Gasteiger charge is 2.13. The van der Waals surface area contributed by atoms with E-state index >= 15 is 0 Å². The van der Waals surface area contributed by atoms with Gasteiger partial charge in [-0.05, 0) is 36.4 Å². The molecule has 0 aliphatic heterocycles. The molecule has 1 amide bonds. The van der Waals surface area contributed by atoms with Crippen molar-refractivity contribution in [2.45, 2.75) is 0 Å². The van der Waals surface area contributed by atoms with Gasteiger partial charge in [0.05, 0.1) is 18.2 Å². The first-order chi connectivity index (χ1) is 10.2. The van der Waals surface area contributed by atoms with E-state index in [4.69, 9.17) is 16.3 Å². The Morgan fingerprint density at radius 3 is 2.95 bits per heavy atom. The highest BCUT2D eigenvalue weighted by molar-refractivity contribution is 6.31. The Bertz CT molecular complexity index is 814. The number of hydrogen-bond acceptors (Lipinski definition) is 3. The zero-order chi connectivity index (χ0) is 14.8. The lowest BCUT2D eigenvalue weighted by Crippen LogP contribution is -2.13. The quantitative estimate of drug-likeness (QED) is 0.808. The molecule has 0 saturated heterocycles. The molecular formula is C15H12ClN3O2. The number of rotatable bonds is 3. The summed E-state index contributed by atoms with van der Waals surface area (Å²) < 4.78 is 6.90. The lowest BCUT2D eigenvalue weighted by Gasteiger charge is -2.10. The van der Waals surface area contributed by atoms with Crippen molar-refractivity contribution in [3.05, 3.63) is 59.4 Å². The van der Waals surface area contributed by atoms with E-state index in [0.717, 1.165) is 5.52 Å². The molecule has 0 aliphatic rings. The molecule has 1 aromatic carbocycles. The van der Waals surface area contributed by atoms with Gasteiger partial charge in [0.2, 0.25) is 0 Å². The lowest BCUT2D eigenvalue weighted by molar-refractivity contribution is 0.102. The molecule has 2 heterocycles. The van der Waals surface area contributed by atoms with Crippen LogP contribution in [0.3, 0.4) is 0 Å². The number of methoxy groups -OCH3 is 1. The number of nitrogens with zero attached hydrogens (tertiary/aromatic N) is 2. The predicted octanol–water partition coefficient (Wildman–Crippen LogP) is 3.25. The first-order valence-corrected chi connectivity index (χ1v) is 6.63. The van der Waals surface area contributed by atoms with E-state index in [2.05, 4.69) is 10.4 Å². The maximum Gasteiger partial charge on any atom is 0.259 e. The molecule has 0 radical (unpaired) electrons. The normalized spacial score (nSPS) is 10.6. The fourth-order valence-electron chi connectivity index (χ4n) is 2.06. The van der Waals surface area contributed by atoms with Crippen LogP contribution in [0.15, 0.2) is 48.8 Å². The zero-order valence-corrected chi connectivity index (χ0v) is 12.0. The number of fused-ring (bicyclic) bond motifs is 1. The van der Waals surface area contributed by atoms with E-state index in [-0.39, 0.29) is 5.91 Å². The van der Waals surface area contributed by atoms with Crippen molar-refractivity contribution in [3.8, 4) is 5.75 Å². The van der Waals surface area contributed by atoms with Crippen LogP contribution in [0.1, 0.15) is 10.4 Å². The van der Waals surface area contributed by atoms with Gasteiger partial charge in [-0.15, -0.1) is 0 Å². The van der Waals surface area contributed by atoms with Crippen molar-refractivity contribution in [2.75, 3.05) is 12.4 Å². The Morgan fingerprint density at radius 1 is 1.29 bits per heavy atom. The van der Waals surface area contributed by atoms with Crippen LogP contribution in [0.4, 0.5) is 5.69 Å². The average molecular weight is 302 g/mol. The fraction of sp³-hybridized carbons (Fsp3) is 0.0667. The van der Waals surface area contributed by atoms with E-state index in [9.17, 15) is 4.79 Å². The summed E-state index contributed by atoms with van der Waals surface area (Å²) in [4.78, 5) is 12.3. The third kappa shape index (κ3) is 2.68. The Balaban J connectivity index is 1.90. The number of halogens is 1. The molecule has 6 heteroatoms. The molecule has 0 unspecified atom stereocenters. The van der Waals surface area contributed by atoms with Crippen molar-refractivity contribution in [1.29, 1.82) is 0 Å². The molecule has 1 N–H and O–H groups in total. The summed E-state index contributed by atoms with van der Waals surface area (Å²) in [7, 11) is 1.51. The van der Waals surface area contributed by atoms with Crippen molar-refractivity contribution in [2.24, 2.45) is 0 Å². The predicted molar refractivity (Wildman–Crippen MR) is 81.1 cm³/mol. The standard InChI is InChI=1S/C15H12ClN3O2/c1-21-14-3-2-10(16)8-13(14)15(20)18-11-5-7-19-12(9-11)4-6-17-19/h2-9H,1H3,(H,18,20). The Labute approximate surface area is 126 Å². The number of amides is 1. The summed E-state index contributed by atoms with van der Waals surface area (Å²) >= 11 is 5.94. The minimum Gasteiger partial charge on any atom is -0.496 e. The highest BCUT2D eigenvalue weighted by Crippen LogP contribution is 2.24. The van der Waals surface area contributed by atoms with E-state index in [0.29, 0.717) is 22.0 Å². The summed E-state index contributed by atoms with van der Waals surface area (Å²) in [5.74, 6) is 0.195. The third-order valence-corrected chi connectivity index (χ3v) is 3.30. The minimum atomic E-state index is -0.279. The molecule has 2 aromatic heterocycles. The molecule has 21 heavy (non-hydrogen) atoms. The SMILES string of the molecule is COc1ccc(Cl)cc1C(=O)Nc1ccn2nccc2c1. The van der Waals surface area contributed by atoms with Gasteiger partial charge in [0.15, 0.2) is 0 Å². The van der Waals surface area contributed by atoms with Gasteiger partial charge in [-0.1, -0.05) is 11.6 Å². The second-order valence-electron chi connectivity index (χ2n) is 4.41. The van der Waals surface area contributed by atoms with Crippen LogP contribution < -0.4 is 10.1 Å². The topological polar surface area (TPSA) is 55.6 Å². The first kappa shape index (κ1) is 13.5. The van der Waals surface area contributed by atoms with Gasteiger partial charge in [-0.2, -0.15) is 5.10 Å². The molecule has 0 atom stereocenters. The van der Waals surface area contributed by atoms with Crippen molar-refractivity contribution in [3.63, 3.8) is 0 Å². The first-order valence-electron chi connectivity index (χ1n) is 6.25. The lowest BCUT2D eigenvalue weighted by atomic mass is 10.2. The van der Waals surface area contributed by atoms with Gasteiger partial charge in [0, 0.05) is 23.1 Å². The van der Waals surface area contributed by atoms with Gasteiger partial charge < -0.3 is 10.1 Å². The van der Waals surface area contributed by atoms with Gasteiger partial charge in [0.1, 0.15) is 5.75 Å². The Morgan fingerprint density at radius 2 is 2.14 bits per heavy atom. The van der Waals surface area contributed by atoms with E-state index < -0.39 is 0 Å². The number of carbonyl (C=O) groups is 1. The number of ether oxygens (including phenoxy) is 1. The Kier molecular flexibility index (Phi) is 3.50. The summed E-state index contributed by atoms with van der Waals surface area (Å²) in [5.41, 5.74) is 1.96. The van der Waals surface area contributed by atoms with Gasteiger partial charge in [0.25, 0.3) is 5.91 Å². The zero-order valence-electron chi connectivity index (χ0n) is 11.2. The summed E-state index contributed by atoms with van der Waals surface area (Å²) in [6.07, 6.45) is 3.47. The van der Waals surface area contributed by atoms with Crippen LogP contribution in [0.25, 0.3) is 5.52 Å². The Hall–Kier alpha value is -2.53.